The van der Waals surface area contributed by atoms with Gasteiger partial charge in [-0.25, -0.2) is 0 Å². The molecule has 0 aliphatic heterocycles. The molecule has 0 fully saturated rings. The molecule has 0 aromatic rings. The monoisotopic (exact) mass is 201 g/mol. The molecule has 0 N–H and O–H groups in total. The van der Waals surface area contributed by atoms with Crippen LogP contribution in [-0.2, 0) is 39.7 Å². The molecule has 0 aromatic heterocycles. The first-order valence-electron chi connectivity index (χ1n) is 0.129. The third-order valence-electron chi connectivity index (χ3n) is 0. The quantitative estimate of drug-likeness (QED) is 0.523. The van der Waals surface area contributed by atoms with E-state index in [4.69, 9.17) is 3.47 Å². The fourth-order valence-corrected chi connectivity index (χ4v) is 0. The predicted molar refractivity (Wildman–Crippen MR) is 7.42 cm³/mol. The van der Waals surface area contributed by atoms with Crippen molar-refractivity contribution >= 4 is 0 Å². The molecule has 0 aliphatic carbocycles. The molecule has 0 unspecified atom stereocenters. The van der Waals surface area contributed by atoms with Gasteiger partial charge in [-0.3, -0.25) is 0 Å². The van der Waals surface area contributed by atoms with E-state index in [1.807, 2.05) is 0 Å². The Bertz CT molecular complexity index is 8.00. The maximum absolute atomic E-state index is 8.10. The van der Waals surface area contributed by atoms with Gasteiger partial charge in [0.1, 0.15) is 0 Å². The molecule has 0 aromatic carbocycles. The van der Waals surface area contributed by atoms with E-state index < -0.39 is 0 Å². The van der Waals surface area contributed by atoms with Crippen molar-refractivity contribution in [3.63, 3.8) is 0 Å². The summed E-state index contributed by atoms with van der Waals surface area (Å²) in [5.74, 6) is 0. The second-order valence-electron chi connectivity index (χ2n) is 0. The van der Waals surface area contributed by atoms with Crippen molar-refractivity contribution < 1.29 is 39.7 Å². The molecule has 4 heavy (non-hydrogen) atoms. The Morgan fingerprint density at radius 3 is 1.25 bits per heavy atom. The Hall–Kier alpha value is 0.982. The summed E-state index contributed by atoms with van der Waals surface area (Å²) in [5, 5.41) is 0. The van der Waals surface area contributed by atoms with Crippen LogP contribution in [0.25, 0.3) is 0 Å². The van der Waals surface area contributed by atoms with Gasteiger partial charge >= 0.3 is 22.6 Å². The minimum atomic E-state index is 0. The summed E-state index contributed by atoms with van der Waals surface area (Å²) in [4.78, 5) is 0. The van der Waals surface area contributed by atoms with Gasteiger partial charge in [0.15, 0.2) is 0 Å². The molecule has 0 spiro atoms. The van der Waals surface area contributed by atoms with Crippen molar-refractivity contribution in [1.29, 1.82) is 0 Å². The molecule has 1 nitrogen and oxygen atoms in total. The van der Waals surface area contributed by atoms with E-state index in [0.29, 0.717) is 0 Å². The van der Waals surface area contributed by atoms with Crippen molar-refractivity contribution in [1.82, 2.24) is 0 Å². The molecule has 0 saturated heterocycles. The number of rotatable bonds is 0. The zero-order valence-corrected chi connectivity index (χ0v) is 3.52. The van der Waals surface area contributed by atoms with Crippen LogP contribution in [0.15, 0.2) is 0 Å². The van der Waals surface area contributed by atoms with Gasteiger partial charge in [-0.2, -0.15) is 0 Å². The van der Waals surface area contributed by atoms with Crippen LogP contribution in [0.1, 0.15) is 7.43 Å². The van der Waals surface area contributed by atoms with Crippen molar-refractivity contribution in [2.24, 2.45) is 0 Å². The summed E-state index contributed by atoms with van der Waals surface area (Å²) in [6.45, 7) is 0. The van der Waals surface area contributed by atoms with E-state index >= 15 is 0 Å². The van der Waals surface area contributed by atoms with Crippen LogP contribution in [0.3, 0.4) is 0 Å². The van der Waals surface area contributed by atoms with Crippen LogP contribution in [0.5, 0.6) is 0 Å². The van der Waals surface area contributed by atoms with Crippen molar-refractivity contribution in [3.05, 3.63) is 0 Å². The van der Waals surface area contributed by atoms with E-state index in [9.17, 15) is 0 Å². The third kappa shape index (κ3) is 12.1. The summed E-state index contributed by atoms with van der Waals surface area (Å²) in [6.07, 6.45) is 0. The molecule has 0 heterocycles. The Labute approximate surface area is 47.3 Å². The molecular weight excluding hydrogens is 198 g/mol. The van der Waals surface area contributed by atoms with Crippen LogP contribution in [0.4, 0.5) is 0 Å². The van der Waals surface area contributed by atoms with Gasteiger partial charge in [-0.15, -0.1) is 0 Å². The van der Waals surface area contributed by atoms with Crippen LogP contribution >= 0.6 is 0 Å². The zero-order chi connectivity index (χ0) is 2.00. The zero-order valence-electron chi connectivity index (χ0n) is 1.03. The molecule has 0 bridgehead atoms. The Morgan fingerprint density at radius 2 is 1.25 bits per heavy atom. The van der Waals surface area contributed by atoms with Crippen molar-refractivity contribution in [2.75, 3.05) is 0 Å². The Morgan fingerprint density at radius 1 is 1.25 bits per heavy atom. The molecule has 3 heteroatoms. The molecule has 0 amide bonds. The summed E-state index contributed by atoms with van der Waals surface area (Å²) < 4.78 is 8.10. The SMILES string of the molecule is C.[Cu].[O]=[Pd]. The Kier molecular flexibility index (Phi) is 185. The van der Waals surface area contributed by atoms with Crippen LogP contribution in [0, 0.1) is 0 Å². The standard InChI is InChI=1S/CH4.Cu.O.Pd/h1H4;;;. The fraction of sp³-hybridized carbons (Fsp3) is 1.00. The van der Waals surface area contributed by atoms with Gasteiger partial charge < -0.3 is 0 Å². The molecule has 1 radical (unpaired) electrons. The van der Waals surface area contributed by atoms with E-state index in [1.54, 1.807) is 0 Å². The number of hydrogen-bond acceptors (Lipinski definition) is 1. The first-order chi connectivity index (χ1) is 1.00. The summed E-state index contributed by atoms with van der Waals surface area (Å²) in [5.41, 5.74) is 0. The van der Waals surface area contributed by atoms with Gasteiger partial charge in [0, 0.05) is 17.1 Å². The summed E-state index contributed by atoms with van der Waals surface area (Å²) in [6, 6.07) is 0. The normalized spacial score (nSPS) is 1.50. The maximum atomic E-state index is 8.10. The van der Waals surface area contributed by atoms with E-state index in [1.165, 1.54) is 19.2 Å². The van der Waals surface area contributed by atoms with Crippen LogP contribution < -0.4 is 0 Å². The number of hydrogen-bond donors (Lipinski definition) is 0. The Balaban J connectivity index is -0.00000000500. The molecule has 0 aliphatic rings. The van der Waals surface area contributed by atoms with Gasteiger partial charge in [0.05, 0.1) is 0 Å². The first kappa shape index (κ1) is 20.1. The first-order valence-corrected chi connectivity index (χ1v) is 0.764. The molecule has 35 valence electrons. The van der Waals surface area contributed by atoms with Crippen molar-refractivity contribution in [3.8, 4) is 0 Å². The van der Waals surface area contributed by atoms with Gasteiger partial charge in [0.25, 0.3) is 0 Å². The summed E-state index contributed by atoms with van der Waals surface area (Å²) in [7, 11) is 0. The van der Waals surface area contributed by atoms with E-state index in [0.717, 1.165) is 0 Å². The minimum absolute atomic E-state index is 0. The van der Waals surface area contributed by atoms with E-state index in [2.05, 4.69) is 0 Å². The van der Waals surface area contributed by atoms with Gasteiger partial charge in [0.2, 0.25) is 0 Å². The summed E-state index contributed by atoms with van der Waals surface area (Å²) >= 11 is 1.50. The van der Waals surface area contributed by atoms with Crippen LogP contribution in [0.2, 0.25) is 0 Å². The average molecular weight is 202 g/mol. The van der Waals surface area contributed by atoms with E-state index in [-0.39, 0.29) is 24.5 Å². The van der Waals surface area contributed by atoms with Gasteiger partial charge in [-0.1, -0.05) is 7.43 Å². The average Bonchev–Trinajstić information content (AvgIpc) is 1.00. The molecular formula is CH4CuOPd. The topological polar surface area (TPSA) is 17.1 Å². The second kappa shape index (κ2) is 36.7. The van der Waals surface area contributed by atoms with Crippen LogP contribution in [-0.4, -0.2) is 0 Å². The predicted octanol–water partition coefficient (Wildman–Crippen LogP) is 0.512. The third-order valence-corrected chi connectivity index (χ3v) is 0. The fourth-order valence-electron chi connectivity index (χ4n) is 0. The van der Waals surface area contributed by atoms with Gasteiger partial charge in [-0.05, 0) is 0 Å². The molecule has 0 saturated carbocycles. The second-order valence-corrected chi connectivity index (χ2v) is 0. The van der Waals surface area contributed by atoms with Crippen molar-refractivity contribution in [2.45, 2.75) is 7.43 Å². The molecule has 0 rings (SSSR count). The molecule has 0 atom stereocenters.